The Balaban J connectivity index is 2.49. The molecule has 0 aliphatic heterocycles. The number of halogens is 1. The third-order valence-corrected chi connectivity index (χ3v) is 2.94. The second-order valence-corrected chi connectivity index (χ2v) is 4.46. The first-order valence-electron chi connectivity index (χ1n) is 5.57. The molecule has 5 nitrogen and oxygen atoms in total. The Morgan fingerprint density at radius 2 is 1.89 bits per heavy atom. The topological polar surface area (TPSA) is 72.2 Å². The fourth-order valence-corrected chi connectivity index (χ4v) is 1.71. The van der Waals surface area contributed by atoms with Crippen LogP contribution in [0.4, 0.5) is 0 Å². The van der Waals surface area contributed by atoms with E-state index in [4.69, 9.17) is 16.7 Å². The molecule has 6 heteroatoms. The zero-order chi connectivity index (χ0) is 14.0. The van der Waals surface area contributed by atoms with Crippen LogP contribution in [-0.4, -0.2) is 20.9 Å². The maximum atomic E-state index is 11.6. The smallest absolute Gasteiger partial charge is 0.328 e. The van der Waals surface area contributed by atoms with Crippen molar-refractivity contribution < 1.29 is 9.90 Å². The van der Waals surface area contributed by atoms with Gasteiger partial charge in [0.05, 0.1) is 5.69 Å². The largest absolute Gasteiger partial charge is 0.480 e. The van der Waals surface area contributed by atoms with Crippen LogP contribution in [0.1, 0.15) is 13.0 Å². The highest BCUT2D eigenvalue weighted by Gasteiger charge is 2.16. The molecule has 0 amide bonds. The van der Waals surface area contributed by atoms with E-state index in [0.717, 1.165) is 10.2 Å². The summed E-state index contributed by atoms with van der Waals surface area (Å²) < 4.78 is 0.951. The monoisotopic (exact) mass is 278 g/mol. The predicted octanol–water partition coefficient (Wildman–Crippen LogP) is 2.21. The summed E-state index contributed by atoms with van der Waals surface area (Å²) in [4.78, 5) is 22.5. The van der Waals surface area contributed by atoms with Gasteiger partial charge in [0.15, 0.2) is 6.04 Å². The average molecular weight is 279 g/mol. The van der Waals surface area contributed by atoms with Gasteiger partial charge in [-0.3, -0.25) is 4.79 Å². The van der Waals surface area contributed by atoms with Crippen LogP contribution in [0, 0.1) is 0 Å². The summed E-state index contributed by atoms with van der Waals surface area (Å²) in [6, 6.07) is 8.76. The van der Waals surface area contributed by atoms with Crippen molar-refractivity contribution in [2.75, 3.05) is 0 Å². The summed E-state index contributed by atoms with van der Waals surface area (Å²) in [5.41, 5.74) is 0.827. The minimum atomic E-state index is -1.11. The molecule has 1 heterocycles. The Kier molecular flexibility index (Phi) is 3.66. The molecule has 2 aromatic rings. The van der Waals surface area contributed by atoms with Crippen molar-refractivity contribution in [1.29, 1.82) is 0 Å². The van der Waals surface area contributed by atoms with E-state index in [1.807, 2.05) is 0 Å². The summed E-state index contributed by atoms with van der Waals surface area (Å²) in [6.45, 7) is 1.41. The summed E-state index contributed by atoms with van der Waals surface area (Å²) in [7, 11) is 0. The van der Waals surface area contributed by atoms with Gasteiger partial charge in [0.2, 0.25) is 0 Å². The van der Waals surface area contributed by atoms with Gasteiger partial charge in [-0.15, -0.1) is 0 Å². The fourth-order valence-electron chi connectivity index (χ4n) is 1.58. The summed E-state index contributed by atoms with van der Waals surface area (Å²) in [6.07, 6.45) is 0. The molecule has 0 unspecified atom stereocenters. The van der Waals surface area contributed by atoms with Crippen molar-refractivity contribution in [2.45, 2.75) is 13.0 Å². The third kappa shape index (κ3) is 2.82. The van der Waals surface area contributed by atoms with Crippen LogP contribution in [0.5, 0.6) is 0 Å². The maximum absolute atomic E-state index is 11.6. The predicted molar refractivity (Wildman–Crippen MR) is 71.3 cm³/mol. The quantitative estimate of drug-likeness (QED) is 0.934. The number of hydrogen-bond donors (Lipinski definition) is 1. The molecule has 0 fully saturated rings. The Hall–Kier alpha value is -2.14. The zero-order valence-electron chi connectivity index (χ0n) is 10.1. The highest BCUT2D eigenvalue weighted by Crippen LogP contribution is 2.18. The SMILES string of the molecule is C[C@H](C(=O)O)n1nc(-c2ccc(Cl)cc2)ccc1=O. The Bertz CT molecular complexity index is 664. The number of carboxylic acid groups (broad SMARTS) is 1. The summed E-state index contributed by atoms with van der Waals surface area (Å²) in [5.74, 6) is -1.11. The zero-order valence-corrected chi connectivity index (χ0v) is 10.8. The van der Waals surface area contributed by atoms with E-state index in [-0.39, 0.29) is 0 Å². The number of hydrogen-bond acceptors (Lipinski definition) is 3. The number of carboxylic acids is 1. The van der Waals surface area contributed by atoms with E-state index in [1.165, 1.54) is 13.0 Å². The molecule has 1 aromatic carbocycles. The van der Waals surface area contributed by atoms with Crippen LogP contribution in [0.3, 0.4) is 0 Å². The normalized spacial score (nSPS) is 12.1. The van der Waals surface area contributed by atoms with E-state index in [2.05, 4.69) is 5.10 Å². The van der Waals surface area contributed by atoms with Gasteiger partial charge in [0.1, 0.15) is 0 Å². The van der Waals surface area contributed by atoms with E-state index in [9.17, 15) is 9.59 Å². The van der Waals surface area contributed by atoms with E-state index in [1.54, 1.807) is 30.3 Å². The highest BCUT2D eigenvalue weighted by atomic mass is 35.5. The first-order valence-corrected chi connectivity index (χ1v) is 5.95. The van der Waals surface area contributed by atoms with Crippen molar-refractivity contribution in [1.82, 2.24) is 9.78 Å². The Labute approximate surface area is 114 Å². The number of aliphatic carboxylic acids is 1. The fraction of sp³-hybridized carbons (Fsp3) is 0.154. The van der Waals surface area contributed by atoms with Crippen molar-refractivity contribution in [3.8, 4) is 11.3 Å². The summed E-state index contributed by atoms with van der Waals surface area (Å²) >= 11 is 5.79. The van der Waals surface area contributed by atoms with Crippen LogP contribution in [0.15, 0.2) is 41.2 Å². The van der Waals surface area contributed by atoms with Crippen molar-refractivity contribution in [2.24, 2.45) is 0 Å². The van der Waals surface area contributed by atoms with Crippen LogP contribution in [-0.2, 0) is 4.79 Å². The lowest BCUT2D eigenvalue weighted by Crippen LogP contribution is -2.29. The first-order chi connectivity index (χ1) is 8.99. The standard InChI is InChI=1S/C13H11ClN2O3/c1-8(13(18)19)16-12(17)7-6-11(15-16)9-2-4-10(14)5-3-9/h2-8H,1H3,(H,18,19)/t8-/m1/s1. The molecule has 1 atom stereocenters. The summed E-state index contributed by atoms with van der Waals surface area (Å²) in [5, 5.41) is 13.6. The second kappa shape index (κ2) is 5.24. The van der Waals surface area contributed by atoms with Gasteiger partial charge < -0.3 is 5.11 Å². The highest BCUT2D eigenvalue weighted by molar-refractivity contribution is 6.30. The van der Waals surface area contributed by atoms with Gasteiger partial charge in [-0.05, 0) is 25.1 Å². The molecule has 19 heavy (non-hydrogen) atoms. The van der Waals surface area contributed by atoms with Gasteiger partial charge >= 0.3 is 5.97 Å². The number of nitrogens with zero attached hydrogens (tertiary/aromatic N) is 2. The maximum Gasteiger partial charge on any atom is 0.328 e. The Morgan fingerprint density at radius 1 is 1.26 bits per heavy atom. The van der Waals surface area contributed by atoms with Gasteiger partial charge in [0.25, 0.3) is 5.56 Å². The minimum Gasteiger partial charge on any atom is -0.480 e. The minimum absolute atomic E-state index is 0.451. The number of aromatic nitrogens is 2. The number of rotatable bonds is 3. The van der Waals surface area contributed by atoms with Gasteiger partial charge in [-0.2, -0.15) is 5.10 Å². The van der Waals surface area contributed by atoms with Crippen LogP contribution in [0.25, 0.3) is 11.3 Å². The van der Waals surface area contributed by atoms with Gasteiger partial charge in [0, 0.05) is 16.7 Å². The molecule has 0 bridgehead atoms. The van der Waals surface area contributed by atoms with Crippen LogP contribution >= 0.6 is 11.6 Å². The Morgan fingerprint density at radius 3 is 2.47 bits per heavy atom. The van der Waals surface area contributed by atoms with E-state index in [0.29, 0.717) is 10.7 Å². The first kappa shape index (κ1) is 13.3. The average Bonchev–Trinajstić information content (AvgIpc) is 2.39. The van der Waals surface area contributed by atoms with Crippen molar-refractivity contribution in [3.05, 3.63) is 51.8 Å². The lowest BCUT2D eigenvalue weighted by atomic mass is 10.1. The molecule has 1 aromatic heterocycles. The van der Waals surface area contributed by atoms with Gasteiger partial charge in [-0.25, -0.2) is 9.48 Å². The van der Waals surface area contributed by atoms with E-state index < -0.39 is 17.6 Å². The van der Waals surface area contributed by atoms with E-state index >= 15 is 0 Å². The molecule has 0 saturated heterocycles. The van der Waals surface area contributed by atoms with Crippen LogP contribution < -0.4 is 5.56 Å². The van der Waals surface area contributed by atoms with Crippen LogP contribution in [0.2, 0.25) is 5.02 Å². The third-order valence-electron chi connectivity index (χ3n) is 2.69. The molecule has 1 N–H and O–H groups in total. The molecule has 2 rings (SSSR count). The van der Waals surface area contributed by atoms with Gasteiger partial charge in [-0.1, -0.05) is 23.7 Å². The number of benzene rings is 1. The molecule has 0 radical (unpaired) electrons. The number of carbonyl (C=O) groups is 1. The van der Waals surface area contributed by atoms with Crippen molar-refractivity contribution in [3.63, 3.8) is 0 Å². The lowest BCUT2D eigenvalue weighted by Gasteiger charge is -2.10. The molecule has 98 valence electrons. The molecule has 0 aliphatic rings. The lowest BCUT2D eigenvalue weighted by molar-refractivity contribution is -0.140. The molecule has 0 aliphatic carbocycles. The molecule has 0 spiro atoms. The van der Waals surface area contributed by atoms with Crippen molar-refractivity contribution >= 4 is 17.6 Å². The molecule has 0 saturated carbocycles. The molecular weight excluding hydrogens is 268 g/mol. The second-order valence-electron chi connectivity index (χ2n) is 4.02. The molecular formula is C13H11ClN2O3.